The zero-order chi connectivity index (χ0) is 33.8. The van der Waals surface area contributed by atoms with E-state index in [4.69, 9.17) is 0 Å². The van der Waals surface area contributed by atoms with Gasteiger partial charge in [0.2, 0.25) is 0 Å². The summed E-state index contributed by atoms with van der Waals surface area (Å²) in [6.07, 6.45) is 35.3. The van der Waals surface area contributed by atoms with Crippen LogP contribution in [0.3, 0.4) is 0 Å². The van der Waals surface area contributed by atoms with Gasteiger partial charge in [0, 0.05) is 11.3 Å². The van der Waals surface area contributed by atoms with Crippen LogP contribution in [0.2, 0.25) is 0 Å². The maximum Gasteiger partial charge on any atom is 0.0199 e. The lowest BCUT2D eigenvalue weighted by atomic mass is 9.42. The Hall–Kier alpha value is -2.08. The molecular weight excluding hydrogens is 625 g/mol. The first kappa shape index (κ1) is 30.2. The van der Waals surface area contributed by atoms with E-state index in [9.17, 15) is 0 Å². The van der Waals surface area contributed by atoms with Gasteiger partial charge in [-0.1, -0.05) is 61.0 Å². The number of allylic oxidation sites excluding steroid dienone is 4. The predicted molar refractivity (Wildman–Crippen MR) is 211 cm³/mol. The monoisotopic (exact) mass is 686 g/mol. The molecule has 0 spiro atoms. The number of rotatable bonds is 4. The molecule has 0 heterocycles. The number of hydrogen-bond donors (Lipinski definition) is 0. The highest BCUT2D eigenvalue weighted by Gasteiger charge is 2.64. The van der Waals surface area contributed by atoms with Gasteiger partial charge in [0.05, 0.1) is 0 Å². The van der Waals surface area contributed by atoms with Crippen LogP contribution in [-0.2, 0) is 10.8 Å². The van der Waals surface area contributed by atoms with Gasteiger partial charge in [0.15, 0.2) is 0 Å². The van der Waals surface area contributed by atoms with Gasteiger partial charge in [-0.25, -0.2) is 0 Å². The summed E-state index contributed by atoms with van der Waals surface area (Å²) < 4.78 is 0. The van der Waals surface area contributed by atoms with Crippen molar-refractivity contribution in [1.82, 2.24) is 0 Å². The fraction of sp³-hybridized carbons (Fsp3) is 0.692. The van der Waals surface area contributed by atoms with E-state index in [-0.39, 0.29) is 5.41 Å². The molecule has 2 aromatic carbocycles. The zero-order valence-corrected chi connectivity index (χ0v) is 32.1. The first-order valence-corrected chi connectivity index (χ1v) is 23.0. The SMILES string of the molecule is CC1(C2c3ccc(C45CC6CC(CC(C6)C4)C5)cc3-c3cc(C45CC6CC(CC(C6)C4)C5)ccc32)C2=C(CC=C2)C[C@@H]1C12CC3CC(CC(C3)C1)C2. The molecule has 0 heteroatoms. The molecule has 1 unspecified atom stereocenters. The van der Waals surface area contributed by atoms with Gasteiger partial charge < -0.3 is 0 Å². The topological polar surface area (TPSA) is 0 Å². The Balaban J connectivity index is 0.952. The van der Waals surface area contributed by atoms with Crippen molar-refractivity contribution in [2.45, 2.75) is 152 Å². The predicted octanol–water partition coefficient (Wildman–Crippen LogP) is 13.2. The quantitative estimate of drug-likeness (QED) is 0.300. The van der Waals surface area contributed by atoms with E-state index in [2.05, 4.69) is 55.5 Å². The molecule has 2 aromatic rings. The van der Waals surface area contributed by atoms with Crippen LogP contribution in [0.15, 0.2) is 59.7 Å². The first-order valence-electron chi connectivity index (χ1n) is 23.0. The van der Waals surface area contributed by atoms with Crippen LogP contribution in [0.4, 0.5) is 0 Å². The van der Waals surface area contributed by atoms with Crippen LogP contribution in [-0.4, -0.2) is 0 Å². The minimum atomic E-state index is 0.193. The van der Waals surface area contributed by atoms with E-state index in [1.165, 1.54) is 89.9 Å². The minimum absolute atomic E-state index is 0.193. The zero-order valence-electron chi connectivity index (χ0n) is 32.1. The van der Waals surface area contributed by atoms with Crippen LogP contribution < -0.4 is 0 Å². The molecule has 0 radical (unpaired) electrons. The van der Waals surface area contributed by atoms with Crippen LogP contribution >= 0.6 is 0 Å². The maximum atomic E-state index is 2.88. The van der Waals surface area contributed by atoms with Crippen molar-refractivity contribution < 1.29 is 0 Å². The smallest absolute Gasteiger partial charge is 0.0199 e. The highest BCUT2D eigenvalue weighted by atomic mass is 14.7. The molecular formula is C52H62. The van der Waals surface area contributed by atoms with Crippen molar-refractivity contribution in [1.29, 1.82) is 0 Å². The fourth-order valence-corrected chi connectivity index (χ4v) is 20.2. The molecule has 15 aliphatic rings. The molecule has 12 fully saturated rings. The van der Waals surface area contributed by atoms with Crippen molar-refractivity contribution in [3.8, 4) is 11.1 Å². The lowest BCUT2D eigenvalue weighted by Gasteiger charge is -2.62. The molecule has 0 amide bonds. The Bertz CT molecular complexity index is 1780. The summed E-state index contributed by atoms with van der Waals surface area (Å²) in [6, 6.07) is 16.8. The third-order valence-electron chi connectivity index (χ3n) is 20.5. The Morgan fingerprint density at radius 3 is 1.33 bits per heavy atom. The Morgan fingerprint density at radius 1 is 0.500 bits per heavy atom. The van der Waals surface area contributed by atoms with E-state index in [1.807, 2.05) is 5.57 Å². The molecule has 2 atom stereocenters. The van der Waals surface area contributed by atoms with Gasteiger partial charge in [-0.3, -0.25) is 0 Å². The van der Waals surface area contributed by atoms with Gasteiger partial charge in [0.25, 0.3) is 0 Å². The van der Waals surface area contributed by atoms with Crippen molar-refractivity contribution >= 4 is 0 Å². The molecule has 0 aromatic heterocycles. The van der Waals surface area contributed by atoms with E-state index in [0.717, 1.165) is 59.2 Å². The molecule has 12 bridgehead atoms. The third kappa shape index (κ3) is 3.79. The number of benzene rings is 2. The van der Waals surface area contributed by atoms with Crippen LogP contribution in [0.5, 0.6) is 0 Å². The van der Waals surface area contributed by atoms with Gasteiger partial charge in [0.1, 0.15) is 0 Å². The normalized spacial score (nSPS) is 51.9. The van der Waals surface area contributed by atoms with E-state index >= 15 is 0 Å². The largest absolute Gasteiger partial charge is 0.0802 e. The molecule has 0 nitrogen and oxygen atoms in total. The van der Waals surface area contributed by atoms with Crippen LogP contribution in [0, 0.1) is 70.0 Å². The maximum absolute atomic E-state index is 2.88. The molecule has 0 saturated heterocycles. The van der Waals surface area contributed by atoms with Crippen molar-refractivity contribution in [2.75, 3.05) is 0 Å². The Labute approximate surface area is 314 Å². The summed E-state index contributed by atoms with van der Waals surface area (Å²) in [5.41, 5.74) is 15.7. The van der Waals surface area contributed by atoms with Gasteiger partial charge in [-0.2, -0.15) is 0 Å². The second-order valence-electron chi connectivity index (χ2n) is 23.4. The van der Waals surface area contributed by atoms with E-state index in [1.54, 1.807) is 77.5 Å². The summed E-state index contributed by atoms with van der Waals surface area (Å²) in [6.45, 7) is 2.85. The summed E-state index contributed by atoms with van der Waals surface area (Å²) in [7, 11) is 0. The summed E-state index contributed by atoms with van der Waals surface area (Å²) in [4.78, 5) is 0. The first-order chi connectivity index (χ1) is 25.3. The van der Waals surface area contributed by atoms with E-state index in [0.29, 0.717) is 22.2 Å². The molecule has 270 valence electrons. The summed E-state index contributed by atoms with van der Waals surface area (Å²) >= 11 is 0. The second kappa shape index (κ2) is 9.83. The average molecular weight is 687 g/mol. The van der Waals surface area contributed by atoms with Gasteiger partial charge in [-0.15, -0.1) is 0 Å². The van der Waals surface area contributed by atoms with E-state index < -0.39 is 0 Å². The van der Waals surface area contributed by atoms with Crippen molar-refractivity contribution in [2.24, 2.45) is 70.0 Å². The highest BCUT2D eigenvalue weighted by molar-refractivity contribution is 5.82. The number of fused-ring (bicyclic) bond motifs is 3. The van der Waals surface area contributed by atoms with Gasteiger partial charge in [-0.05, 0) is 243 Å². The van der Waals surface area contributed by atoms with Crippen LogP contribution in [0.1, 0.15) is 164 Å². The highest BCUT2D eigenvalue weighted by Crippen LogP contribution is 2.74. The van der Waals surface area contributed by atoms with Crippen molar-refractivity contribution in [3.05, 3.63) is 82.0 Å². The summed E-state index contributed by atoms with van der Waals surface area (Å²) in [5.74, 6) is 10.4. The molecule has 0 N–H and O–H groups in total. The molecule has 12 saturated carbocycles. The number of hydrogen-bond acceptors (Lipinski definition) is 0. The van der Waals surface area contributed by atoms with Crippen molar-refractivity contribution in [3.63, 3.8) is 0 Å². The molecule has 52 heavy (non-hydrogen) atoms. The molecule has 17 rings (SSSR count). The minimum Gasteiger partial charge on any atom is -0.0802 e. The summed E-state index contributed by atoms with van der Waals surface area (Å²) in [5, 5.41) is 0. The second-order valence-corrected chi connectivity index (χ2v) is 23.4. The van der Waals surface area contributed by atoms with Gasteiger partial charge >= 0.3 is 0 Å². The lowest BCUT2D eigenvalue weighted by Crippen LogP contribution is -2.53. The Morgan fingerprint density at radius 2 is 0.904 bits per heavy atom. The Kier molecular flexibility index (Phi) is 5.70. The lowest BCUT2D eigenvalue weighted by molar-refractivity contribution is -0.110. The fourth-order valence-electron chi connectivity index (χ4n) is 20.2. The molecule has 0 aliphatic heterocycles. The third-order valence-corrected chi connectivity index (χ3v) is 20.5. The standard InChI is InChI=1S/C52H62/c1-49(46-4-2-3-39(46)18-47(49)52-27-36-15-37(28-52)17-38(16-36)29-52)48-42-7-5-40(50-21-30-9-31(22-50)11-32(10-30)23-50)19-44(42)45-20-41(6-8-43(45)48)51-24-33-12-34(25-51)14-35(13-33)26-51/h2,4-8,19-20,30-38,47-48H,3,9-18,21-29H2,1H3/t30?,31?,32?,33?,34?,35?,36?,37?,38?,47-,48?,49?,50?,51?,52?/m0/s1. The average Bonchev–Trinajstić information content (AvgIpc) is 3.79. The van der Waals surface area contributed by atoms with Crippen LogP contribution in [0.25, 0.3) is 11.1 Å². The molecule has 15 aliphatic carbocycles.